The average molecular weight is 303 g/mol. The third kappa shape index (κ3) is 1.53. The van der Waals surface area contributed by atoms with E-state index in [1.807, 2.05) is 0 Å². The monoisotopic (exact) mass is 303 g/mol. The van der Waals surface area contributed by atoms with Gasteiger partial charge in [-0.05, 0) is 31.1 Å². The summed E-state index contributed by atoms with van der Waals surface area (Å²) in [5.74, 6) is -9.35. The molecule has 0 N–H and O–H groups in total. The smallest absolute Gasteiger partial charge is 0.200 e. The predicted molar refractivity (Wildman–Crippen MR) is 62.0 cm³/mol. The fourth-order valence-electron chi connectivity index (χ4n) is 3.90. The molecule has 1 heterocycles. The van der Waals surface area contributed by atoms with Crippen LogP contribution >= 0.6 is 0 Å². The summed E-state index contributed by atoms with van der Waals surface area (Å²) in [5.41, 5.74) is -0.991. The molecule has 8 heteroatoms. The maximum absolute atomic E-state index is 13.9. The lowest BCUT2D eigenvalue weighted by Crippen LogP contribution is -2.40. The van der Waals surface area contributed by atoms with Gasteiger partial charge in [-0.3, -0.25) is 0 Å². The van der Waals surface area contributed by atoms with Crippen LogP contribution in [0, 0.1) is 40.9 Å². The topological polar surface area (TPSA) is 28.0 Å². The number of anilines is 1. The van der Waals surface area contributed by atoms with Gasteiger partial charge < -0.3 is 0 Å². The Morgan fingerprint density at radius 1 is 0.810 bits per heavy atom. The summed E-state index contributed by atoms with van der Waals surface area (Å²) in [7, 11) is 0. The number of fused-ring (bicyclic) bond motifs is 5. The van der Waals surface area contributed by atoms with Gasteiger partial charge in [-0.2, -0.15) is 5.11 Å². The molecule has 2 saturated carbocycles. The zero-order valence-electron chi connectivity index (χ0n) is 10.7. The van der Waals surface area contributed by atoms with Crippen LogP contribution in [0.5, 0.6) is 0 Å². The molecule has 1 aromatic carbocycles. The lowest BCUT2D eigenvalue weighted by molar-refractivity contribution is 0.360. The van der Waals surface area contributed by atoms with Gasteiger partial charge in [0.05, 0.1) is 12.1 Å². The highest BCUT2D eigenvalue weighted by Gasteiger charge is 2.54. The summed E-state index contributed by atoms with van der Waals surface area (Å²) >= 11 is 0. The van der Waals surface area contributed by atoms with Crippen LogP contribution < -0.4 is 5.01 Å². The fourth-order valence-corrected chi connectivity index (χ4v) is 3.90. The second-order valence-electron chi connectivity index (χ2n) is 5.78. The predicted octanol–water partition coefficient (Wildman–Crippen LogP) is 3.74. The molecule has 3 aliphatic rings. The van der Waals surface area contributed by atoms with E-state index in [1.165, 1.54) is 0 Å². The number of hydrogen-bond donors (Lipinski definition) is 0. The van der Waals surface area contributed by atoms with E-state index in [4.69, 9.17) is 0 Å². The fraction of sp³-hybridized carbons (Fsp3) is 0.538. The van der Waals surface area contributed by atoms with Crippen molar-refractivity contribution >= 4 is 5.69 Å². The summed E-state index contributed by atoms with van der Waals surface area (Å²) in [5, 5.41) is 8.56. The molecule has 1 aromatic rings. The maximum Gasteiger partial charge on any atom is 0.200 e. The molecule has 0 aromatic heterocycles. The van der Waals surface area contributed by atoms with Gasteiger partial charge in [-0.15, -0.1) is 0 Å². The third-order valence-corrected chi connectivity index (χ3v) is 4.81. The number of benzene rings is 1. The van der Waals surface area contributed by atoms with E-state index >= 15 is 0 Å². The van der Waals surface area contributed by atoms with Crippen LogP contribution in [0.4, 0.5) is 27.6 Å². The van der Waals surface area contributed by atoms with Crippen LogP contribution in [-0.4, -0.2) is 12.1 Å². The first-order valence-corrected chi connectivity index (χ1v) is 6.72. The van der Waals surface area contributed by atoms with Gasteiger partial charge in [-0.25, -0.2) is 27.0 Å². The van der Waals surface area contributed by atoms with E-state index in [0.29, 0.717) is 0 Å². The van der Waals surface area contributed by atoms with E-state index in [2.05, 4.69) is 10.3 Å². The van der Waals surface area contributed by atoms with Crippen molar-refractivity contribution in [3.05, 3.63) is 29.1 Å². The van der Waals surface area contributed by atoms with Crippen LogP contribution in [-0.2, 0) is 0 Å². The molecular formula is C13H10F5N3. The quantitative estimate of drug-likeness (QED) is 0.441. The van der Waals surface area contributed by atoms with Crippen molar-refractivity contribution in [2.45, 2.75) is 31.3 Å². The van der Waals surface area contributed by atoms with Crippen molar-refractivity contribution in [1.82, 2.24) is 0 Å². The van der Waals surface area contributed by atoms with Crippen molar-refractivity contribution in [1.29, 1.82) is 0 Å². The normalized spacial score (nSPS) is 33.1. The van der Waals surface area contributed by atoms with Crippen molar-refractivity contribution in [2.75, 3.05) is 5.01 Å². The zero-order chi connectivity index (χ0) is 14.9. The molecule has 0 spiro atoms. The summed E-state index contributed by atoms with van der Waals surface area (Å²) in [6.45, 7) is 0. The number of halogens is 5. The number of rotatable bonds is 1. The minimum Gasteiger partial charge on any atom is -0.235 e. The van der Waals surface area contributed by atoms with Crippen molar-refractivity contribution < 1.29 is 22.0 Å². The van der Waals surface area contributed by atoms with Crippen molar-refractivity contribution in [3.8, 4) is 0 Å². The first kappa shape index (κ1) is 13.0. The molecule has 112 valence electrons. The Morgan fingerprint density at radius 3 is 2.05 bits per heavy atom. The molecule has 0 saturated heterocycles. The molecule has 2 bridgehead atoms. The van der Waals surface area contributed by atoms with E-state index in [0.717, 1.165) is 24.3 Å². The van der Waals surface area contributed by atoms with Crippen molar-refractivity contribution in [2.24, 2.45) is 22.2 Å². The summed E-state index contributed by atoms with van der Waals surface area (Å²) in [4.78, 5) is 0. The molecule has 0 unspecified atom stereocenters. The highest BCUT2D eigenvalue weighted by atomic mass is 19.2. The van der Waals surface area contributed by atoms with Gasteiger partial charge in [0.2, 0.25) is 5.82 Å². The van der Waals surface area contributed by atoms with Gasteiger partial charge in [0.1, 0.15) is 5.69 Å². The SMILES string of the molecule is Fc1c(F)c(F)c(N2N=N[C@@H]3[C@H]4CC[C@H](C4)[C@@H]32)c(F)c1F. The Bertz CT molecular complexity index is 633. The van der Waals surface area contributed by atoms with E-state index in [-0.39, 0.29) is 17.9 Å². The summed E-state index contributed by atoms with van der Waals surface area (Å²) in [6.07, 6.45) is 2.69. The first-order chi connectivity index (χ1) is 10.0. The van der Waals surface area contributed by atoms with Gasteiger partial charge in [-0.1, -0.05) is 5.22 Å². The Labute approximate surface area is 116 Å². The minimum atomic E-state index is -2.16. The molecule has 2 fully saturated rings. The van der Waals surface area contributed by atoms with Gasteiger partial charge in [0, 0.05) is 0 Å². The second-order valence-corrected chi connectivity index (χ2v) is 5.78. The molecule has 21 heavy (non-hydrogen) atoms. The summed E-state index contributed by atoms with van der Waals surface area (Å²) < 4.78 is 67.5. The number of hydrogen-bond acceptors (Lipinski definition) is 3. The van der Waals surface area contributed by atoms with Gasteiger partial charge in [0.15, 0.2) is 23.3 Å². The zero-order valence-corrected chi connectivity index (χ0v) is 10.7. The molecule has 2 aliphatic carbocycles. The van der Waals surface area contributed by atoms with Crippen LogP contribution in [0.1, 0.15) is 19.3 Å². The van der Waals surface area contributed by atoms with E-state index in [1.54, 1.807) is 0 Å². The highest BCUT2D eigenvalue weighted by Crippen LogP contribution is 2.52. The van der Waals surface area contributed by atoms with E-state index in [9.17, 15) is 22.0 Å². The lowest BCUT2D eigenvalue weighted by atomic mass is 9.90. The Balaban J connectivity index is 1.83. The molecular weight excluding hydrogens is 293 g/mol. The first-order valence-electron chi connectivity index (χ1n) is 6.72. The van der Waals surface area contributed by atoms with Crippen LogP contribution in [0.2, 0.25) is 0 Å². The molecule has 1 aliphatic heterocycles. The second kappa shape index (κ2) is 4.14. The minimum absolute atomic E-state index is 0.130. The van der Waals surface area contributed by atoms with E-state index < -0.39 is 40.8 Å². The molecule has 0 radical (unpaired) electrons. The molecule has 3 nitrogen and oxygen atoms in total. The summed E-state index contributed by atoms with van der Waals surface area (Å²) in [6, 6.07) is -0.615. The van der Waals surface area contributed by atoms with Crippen molar-refractivity contribution in [3.63, 3.8) is 0 Å². The van der Waals surface area contributed by atoms with Gasteiger partial charge in [0.25, 0.3) is 0 Å². The molecule has 0 amide bonds. The highest BCUT2D eigenvalue weighted by molar-refractivity contribution is 5.52. The maximum atomic E-state index is 13.9. The Morgan fingerprint density at radius 2 is 1.38 bits per heavy atom. The molecule has 4 rings (SSSR count). The molecule has 4 atom stereocenters. The average Bonchev–Trinajstić information content (AvgIpc) is 3.16. The Hall–Kier alpha value is -1.73. The lowest BCUT2D eigenvalue weighted by Gasteiger charge is -2.29. The largest absolute Gasteiger partial charge is 0.235 e. The third-order valence-electron chi connectivity index (χ3n) is 4.81. The van der Waals surface area contributed by atoms with Crippen LogP contribution in [0.3, 0.4) is 0 Å². The van der Waals surface area contributed by atoms with Gasteiger partial charge >= 0.3 is 0 Å². The Kier molecular flexibility index (Phi) is 2.56. The van der Waals surface area contributed by atoms with Crippen LogP contribution in [0.15, 0.2) is 10.3 Å². The number of nitrogens with zero attached hydrogens (tertiary/aromatic N) is 3. The van der Waals surface area contributed by atoms with Crippen LogP contribution in [0.25, 0.3) is 0 Å². The standard InChI is InChI=1S/C13H10F5N3/c14-6-7(15)9(17)13(10(18)8(6)16)21-12-5-2-1-4(3-5)11(12)19-20-21/h4-5,11-12H,1-3H2/t4-,5+,11+,12-/m0/s1.